The predicted molar refractivity (Wildman–Crippen MR) is 65.7 cm³/mol. The van der Waals surface area contributed by atoms with E-state index >= 15 is 0 Å². The van der Waals surface area contributed by atoms with Gasteiger partial charge in [-0.15, -0.1) is 0 Å². The molecule has 0 radical (unpaired) electrons. The molecule has 0 aliphatic carbocycles. The predicted octanol–water partition coefficient (Wildman–Crippen LogP) is 1.38. The number of sulfonamides is 1. The number of nitriles is 2. The van der Waals surface area contributed by atoms with Crippen LogP contribution in [0.1, 0.15) is 19.4 Å². The molecule has 5 nitrogen and oxygen atoms in total. The van der Waals surface area contributed by atoms with E-state index in [1.165, 1.54) is 24.3 Å². The monoisotopic (exact) mass is 263 g/mol. The highest BCUT2D eigenvalue weighted by Crippen LogP contribution is 2.13. The van der Waals surface area contributed by atoms with Gasteiger partial charge >= 0.3 is 0 Å². The largest absolute Gasteiger partial charge is 0.241 e. The van der Waals surface area contributed by atoms with E-state index in [0.29, 0.717) is 0 Å². The molecule has 0 spiro atoms. The van der Waals surface area contributed by atoms with Crippen molar-refractivity contribution in [2.75, 3.05) is 0 Å². The summed E-state index contributed by atoms with van der Waals surface area (Å²) in [7, 11) is -3.77. The van der Waals surface area contributed by atoms with Crippen molar-refractivity contribution in [2.45, 2.75) is 24.8 Å². The molecule has 18 heavy (non-hydrogen) atoms. The Morgan fingerprint density at radius 1 is 1.28 bits per heavy atom. The van der Waals surface area contributed by atoms with Crippen LogP contribution in [0.3, 0.4) is 0 Å². The molecular formula is C12H13N3O2S. The van der Waals surface area contributed by atoms with Gasteiger partial charge in [0.2, 0.25) is 10.0 Å². The van der Waals surface area contributed by atoms with Crippen LogP contribution in [-0.2, 0) is 10.0 Å². The van der Waals surface area contributed by atoms with Crippen LogP contribution in [0.2, 0.25) is 0 Å². The minimum absolute atomic E-state index is 0.0116. The molecule has 0 fully saturated rings. The maximum absolute atomic E-state index is 12.0. The van der Waals surface area contributed by atoms with Crippen LogP contribution in [0, 0.1) is 28.6 Å². The average molecular weight is 263 g/mol. The van der Waals surface area contributed by atoms with Gasteiger partial charge in [0.05, 0.1) is 22.6 Å². The summed E-state index contributed by atoms with van der Waals surface area (Å²) in [5, 5.41) is 17.6. The van der Waals surface area contributed by atoms with Gasteiger partial charge in [-0.3, -0.25) is 0 Å². The SMILES string of the molecule is CC(C)C(C#N)NS(=O)(=O)c1cccc(C#N)c1. The molecule has 1 N–H and O–H groups in total. The van der Waals surface area contributed by atoms with Gasteiger partial charge in [-0.25, -0.2) is 8.42 Å². The van der Waals surface area contributed by atoms with E-state index in [9.17, 15) is 8.42 Å². The molecular weight excluding hydrogens is 250 g/mol. The van der Waals surface area contributed by atoms with Crippen LogP contribution in [0.15, 0.2) is 29.2 Å². The Kier molecular flexibility index (Phi) is 4.43. The summed E-state index contributed by atoms with van der Waals surface area (Å²) in [5.41, 5.74) is 0.260. The zero-order chi connectivity index (χ0) is 13.8. The van der Waals surface area contributed by atoms with Crippen molar-refractivity contribution >= 4 is 10.0 Å². The highest BCUT2D eigenvalue weighted by Gasteiger charge is 2.22. The Labute approximate surface area is 107 Å². The van der Waals surface area contributed by atoms with E-state index in [1.54, 1.807) is 13.8 Å². The first-order valence-electron chi connectivity index (χ1n) is 5.33. The van der Waals surface area contributed by atoms with Gasteiger partial charge in [0.25, 0.3) is 0 Å². The molecule has 1 aromatic carbocycles. The lowest BCUT2D eigenvalue weighted by molar-refractivity contribution is 0.515. The molecule has 6 heteroatoms. The molecule has 0 heterocycles. The summed E-state index contributed by atoms with van der Waals surface area (Å²) < 4.78 is 26.3. The number of hydrogen-bond acceptors (Lipinski definition) is 4. The molecule has 0 bridgehead atoms. The number of benzene rings is 1. The van der Waals surface area contributed by atoms with E-state index < -0.39 is 16.1 Å². The van der Waals surface area contributed by atoms with Gasteiger partial charge in [0.15, 0.2) is 0 Å². The lowest BCUT2D eigenvalue weighted by atomic mass is 10.1. The summed E-state index contributed by atoms with van der Waals surface area (Å²) in [5.74, 6) is -0.135. The van der Waals surface area contributed by atoms with Crippen LogP contribution in [-0.4, -0.2) is 14.5 Å². The molecule has 1 aromatic rings. The molecule has 1 unspecified atom stereocenters. The third-order valence-electron chi connectivity index (χ3n) is 2.36. The minimum Gasteiger partial charge on any atom is -0.207 e. The maximum Gasteiger partial charge on any atom is 0.241 e. The van der Waals surface area contributed by atoms with Crippen molar-refractivity contribution in [3.63, 3.8) is 0 Å². The van der Waals surface area contributed by atoms with Crippen molar-refractivity contribution in [3.8, 4) is 12.1 Å². The normalized spacial score (nSPS) is 12.7. The van der Waals surface area contributed by atoms with Crippen molar-refractivity contribution in [3.05, 3.63) is 29.8 Å². The van der Waals surface area contributed by atoms with Crippen molar-refractivity contribution < 1.29 is 8.42 Å². The highest BCUT2D eigenvalue weighted by atomic mass is 32.2. The molecule has 0 aliphatic rings. The Hall–Kier alpha value is -1.89. The lowest BCUT2D eigenvalue weighted by Crippen LogP contribution is -2.37. The van der Waals surface area contributed by atoms with E-state index in [1.807, 2.05) is 12.1 Å². The van der Waals surface area contributed by atoms with Crippen LogP contribution in [0.5, 0.6) is 0 Å². The number of hydrogen-bond donors (Lipinski definition) is 1. The van der Waals surface area contributed by atoms with Crippen molar-refractivity contribution in [2.24, 2.45) is 5.92 Å². The fraction of sp³-hybridized carbons (Fsp3) is 0.333. The van der Waals surface area contributed by atoms with Gasteiger partial charge in [0.1, 0.15) is 6.04 Å². The van der Waals surface area contributed by atoms with Crippen molar-refractivity contribution in [1.29, 1.82) is 10.5 Å². The third-order valence-corrected chi connectivity index (χ3v) is 3.80. The second kappa shape index (κ2) is 5.63. The molecule has 94 valence electrons. The molecule has 0 aliphatic heterocycles. The van der Waals surface area contributed by atoms with Crippen LogP contribution in [0.25, 0.3) is 0 Å². The number of nitrogens with zero attached hydrogens (tertiary/aromatic N) is 2. The van der Waals surface area contributed by atoms with Gasteiger partial charge in [-0.2, -0.15) is 15.2 Å². The number of nitrogens with one attached hydrogen (secondary N) is 1. The van der Waals surface area contributed by atoms with E-state index in [-0.39, 0.29) is 16.4 Å². The summed E-state index contributed by atoms with van der Waals surface area (Å²) >= 11 is 0. The van der Waals surface area contributed by atoms with E-state index in [4.69, 9.17) is 10.5 Å². The summed E-state index contributed by atoms with van der Waals surface area (Å²) in [4.78, 5) is -0.0116. The smallest absolute Gasteiger partial charge is 0.207 e. The van der Waals surface area contributed by atoms with Crippen LogP contribution < -0.4 is 4.72 Å². The second-order valence-electron chi connectivity index (χ2n) is 4.11. The van der Waals surface area contributed by atoms with Gasteiger partial charge in [-0.05, 0) is 24.1 Å². The Bertz CT molecular complexity index is 609. The average Bonchev–Trinajstić information content (AvgIpc) is 2.35. The third kappa shape index (κ3) is 3.30. The molecule has 1 rings (SSSR count). The molecule has 0 aromatic heterocycles. The quantitative estimate of drug-likeness (QED) is 0.888. The summed E-state index contributed by atoms with van der Waals surface area (Å²) in [6.45, 7) is 3.50. The van der Waals surface area contributed by atoms with Crippen molar-refractivity contribution in [1.82, 2.24) is 4.72 Å². The Morgan fingerprint density at radius 3 is 2.44 bits per heavy atom. The fourth-order valence-electron chi connectivity index (χ4n) is 1.28. The van der Waals surface area contributed by atoms with E-state index in [2.05, 4.69) is 4.72 Å². The van der Waals surface area contributed by atoms with E-state index in [0.717, 1.165) is 0 Å². The first-order valence-corrected chi connectivity index (χ1v) is 6.81. The van der Waals surface area contributed by atoms with Crippen LogP contribution >= 0.6 is 0 Å². The molecule has 0 saturated heterocycles. The molecule has 1 atom stereocenters. The first kappa shape index (κ1) is 14.2. The Morgan fingerprint density at radius 2 is 1.94 bits per heavy atom. The summed E-state index contributed by atoms with van der Waals surface area (Å²) in [6.07, 6.45) is 0. The van der Waals surface area contributed by atoms with Gasteiger partial charge in [-0.1, -0.05) is 19.9 Å². The minimum atomic E-state index is -3.77. The zero-order valence-electron chi connectivity index (χ0n) is 10.1. The molecule has 0 saturated carbocycles. The van der Waals surface area contributed by atoms with Gasteiger partial charge in [0, 0.05) is 0 Å². The molecule has 0 amide bonds. The van der Waals surface area contributed by atoms with Crippen LogP contribution in [0.4, 0.5) is 0 Å². The highest BCUT2D eigenvalue weighted by molar-refractivity contribution is 7.89. The second-order valence-corrected chi connectivity index (χ2v) is 5.83. The lowest BCUT2D eigenvalue weighted by Gasteiger charge is -2.15. The first-order chi connectivity index (χ1) is 8.40. The van der Waals surface area contributed by atoms with Gasteiger partial charge < -0.3 is 0 Å². The fourth-order valence-corrected chi connectivity index (χ4v) is 2.61. The standard InChI is InChI=1S/C12H13N3O2S/c1-9(2)12(8-14)15-18(16,17)11-5-3-4-10(6-11)7-13/h3-6,9,12,15H,1-2H3. The zero-order valence-corrected chi connectivity index (χ0v) is 10.9. The summed E-state index contributed by atoms with van der Waals surface area (Å²) in [6, 6.07) is 8.65. The maximum atomic E-state index is 12.0. The Balaban J connectivity index is 3.08. The topological polar surface area (TPSA) is 93.8 Å². The number of rotatable bonds is 4.